The first-order valence-electron chi connectivity index (χ1n) is 5.21. The van der Waals surface area contributed by atoms with Crippen LogP contribution in [0.25, 0.3) is 23.0 Å². The van der Waals surface area contributed by atoms with Crippen molar-refractivity contribution in [1.29, 1.82) is 5.26 Å². The highest BCUT2D eigenvalue weighted by atomic mass is 32.1. The van der Waals surface area contributed by atoms with Crippen molar-refractivity contribution in [3.05, 3.63) is 34.7 Å². The number of hydrogen-bond acceptors (Lipinski definition) is 5. The van der Waals surface area contributed by atoms with Crippen LogP contribution in [0.1, 0.15) is 5.56 Å². The SMILES string of the molecule is Cn1cc(C#N)cc1-c1nc(-c2ccsc2)no1. The minimum Gasteiger partial charge on any atom is -0.345 e. The number of rotatable bonds is 2. The lowest BCUT2D eigenvalue weighted by Crippen LogP contribution is -1.88. The zero-order valence-electron chi connectivity index (χ0n) is 9.49. The summed E-state index contributed by atoms with van der Waals surface area (Å²) in [5.74, 6) is 0.978. The second kappa shape index (κ2) is 4.13. The molecular weight excluding hydrogens is 248 g/mol. The van der Waals surface area contributed by atoms with Gasteiger partial charge in [0, 0.05) is 24.2 Å². The van der Waals surface area contributed by atoms with Gasteiger partial charge in [0.1, 0.15) is 11.8 Å². The van der Waals surface area contributed by atoms with Gasteiger partial charge in [-0.1, -0.05) is 5.16 Å². The van der Waals surface area contributed by atoms with Crippen LogP contribution in [0, 0.1) is 11.3 Å². The quantitative estimate of drug-likeness (QED) is 0.707. The highest BCUT2D eigenvalue weighted by Gasteiger charge is 2.14. The Balaban J connectivity index is 2.03. The van der Waals surface area contributed by atoms with Gasteiger partial charge < -0.3 is 9.09 Å². The van der Waals surface area contributed by atoms with Crippen molar-refractivity contribution < 1.29 is 4.52 Å². The summed E-state index contributed by atoms with van der Waals surface area (Å²) in [5.41, 5.74) is 2.24. The van der Waals surface area contributed by atoms with E-state index in [4.69, 9.17) is 9.78 Å². The number of aryl methyl sites for hydroxylation is 1. The molecule has 88 valence electrons. The maximum Gasteiger partial charge on any atom is 0.274 e. The predicted octanol–water partition coefficient (Wildman–Crippen LogP) is 2.68. The molecule has 0 fully saturated rings. The summed E-state index contributed by atoms with van der Waals surface area (Å²) in [7, 11) is 1.84. The average Bonchev–Trinajstić information content (AvgIpc) is 3.08. The van der Waals surface area contributed by atoms with Crippen LogP contribution in [0.2, 0.25) is 0 Å². The Morgan fingerprint density at radius 1 is 1.50 bits per heavy atom. The van der Waals surface area contributed by atoms with Gasteiger partial charge in [-0.25, -0.2) is 0 Å². The van der Waals surface area contributed by atoms with E-state index >= 15 is 0 Å². The van der Waals surface area contributed by atoms with E-state index in [9.17, 15) is 0 Å². The molecule has 0 aliphatic carbocycles. The van der Waals surface area contributed by atoms with E-state index in [1.807, 2.05) is 23.9 Å². The average molecular weight is 256 g/mol. The summed E-state index contributed by atoms with van der Waals surface area (Å²) < 4.78 is 7.02. The molecule has 0 radical (unpaired) electrons. The second-order valence-electron chi connectivity index (χ2n) is 3.77. The van der Waals surface area contributed by atoms with Crippen molar-refractivity contribution in [3.63, 3.8) is 0 Å². The van der Waals surface area contributed by atoms with Crippen LogP contribution in [0.3, 0.4) is 0 Å². The van der Waals surface area contributed by atoms with Crippen molar-refractivity contribution in [2.75, 3.05) is 0 Å². The van der Waals surface area contributed by atoms with Gasteiger partial charge in [0.25, 0.3) is 5.89 Å². The van der Waals surface area contributed by atoms with Crippen molar-refractivity contribution >= 4 is 11.3 Å². The number of aromatic nitrogens is 3. The molecule has 3 aromatic heterocycles. The van der Waals surface area contributed by atoms with Gasteiger partial charge in [-0.2, -0.15) is 21.6 Å². The van der Waals surface area contributed by atoms with Gasteiger partial charge >= 0.3 is 0 Å². The number of nitrogens with zero attached hydrogens (tertiary/aromatic N) is 4. The zero-order valence-corrected chi connectivity index (χ0v) is 10.3. The van der Waals surface area contributed by atoms with E-state index in [2.05, 4.69) is 16.2 Å². The molecule has 3 rings (SSSR count). The smallest absolute Gasteiger partial charge is 0.274 e. The molecule has 0 atom stereocenters. The van der Waals surface area contributed by atoms with Crippen LogP contribution in [0.4, 0.5) is 0 Å². The molecule has 0 aliphatic heterocycles. The summed E-state index contributed by atoms with van der Waals surface area (Å²) >= 11 is 1.58. The van der Waals surface area contributed by atoms with E-state index in [1.165, 1.54) is 0 Å². The lowest BCUT2D eigenvalue weighted by molar-refractivity contribution is 0.429. The van der Waals surface area contributed by atoms with Crippen molar-refractivity contribution in [2.24, 2.45) is 7.05 Å². The van der Waals surface area contributed by atoms with Crippen LogP contribution in [0.5, 0.6) is 0 Å². The van der Waals surface area contributed by atoms with Crippen molar-refractivity contribution in [2.45, 2.75) is 0 Å². The third-order valence-corrected chi connectivity index (χ3v) is 3.24. The van der Waals surface area contributed by atoms with E-state index in [1.54, 1.807) is 28.2 Å². The standard InChI is InChI=1S/C12H8N4OS/c1-16-6-8(5-13)4-10(16)12-14-11(15-17-12)9-2-3-18-7-9/h2-4,6-7H,1H3. The van der Waals surface area contributed by atoms with E-state index in [0.717, 1.165) is 11.3 Å². The Morgan fingerprint density at radius 3 is 3.06 bits per heavy atom. The van der Waals surface area contributed by atoms with Gasteiger partial charge in [-0.3, -0.25) is 0 Å². The lowest BCUT2D eigenvalue weighted by Gasteiger charge is -1.94. The largest absolute Gasteiger partial charge is 0.345 e. The summed E-state index contributed by atoms with van der Waals surface area (Å²) in [6.07, 6.45) is 1.73. The van der Waals surface area contributed by atoms with Crippen LogP contribution in [-0.4, -0.2) is 14.7 Å². The molecule has 5 nitrogen and oxygen atoms in total. The first-order chi connectivity index (χ1) is 8.78. The van der Waals surface area contributed by atoms with Gasteiger partial charge in [0.2, 0.25) is 5.82 Å². The van der Waals surface area contributed by atoms with E-state index < -0.39 is 0 Å². The third kappa shape index (κ3) is 1.71. The molecule has 18 heavy (non-hydrogen) atoms. The van der Waals surface area contributed by atoms with Gasteiger partial charge in [0.15, 0.2) is 0 Å². The van der Waals surface area contributed by atoms with Crippen molar-refractivity contribution in [3.8, 4) is 29.0 Å². The molecular formula is C12H8N4OS. The van der Waals surface area contributed by atoms with Gasteiger partial charge in [0.05, 0.1) is 5.56 Å². The highest BCUT2D eigenvalue weighted by molar-refractivity contribution is 7.08. The fraction of sp³-hybridized carbons (Fsp3) is 0.0833. The summed E-state index contributed by atoms with van der Waals surface area (Å²) in [4.78, 5) is 4.33. The highest BCUT2D eigenvalue weighted by Crippen LogP contribution is 2.24. The lowest BCUT2D eigenvalue weighted by atomic mass is 10.3. The molecule has 0 unspecified atom stereocenters. The van der Waals surface area contributed by atoms with Gasteiger partial charge in [-0.05, 0) is 17.5 Å². The first-order valence-corrected chi connectivity index (χ1v) is 6.15. The molecule has 0 amide bonds. The molecule has 0 aromatic carbocycles. The predicted molar refractivity (Wildman–Crippen MR) is 66.7 cm³/mol. The molecule has 0 aliphatic rings. The minimum absolute atomic E-state index is 0.417. The topological polar surface area (TPSA) is 67.6 Å². The fourth-order valence-electron chi connectivity index (χ4n) is 1.67. The Kier molecular flexibility index (Phi) is 2.46. The Bertz CT molecular complexity index is 718. The second-order valence-corrected chi connectivity index (χ2v) is 4.55. The number of hydrogen-bond donors (Lipinski definition) is 0. The Morgan fingerprint density at radius 2 is 2.39 bits per heavy atom. The zero-order chi connectivity index (χ0) is 12.5. The Hall–Kier alpha value is -2.39. The van der Waals surface area contributed by atoms with E-state index in [-0.39, 0.29) is 0 Å². The van der Waals surface area contributed by atoms with Crippen LogP contribution < -0.4 is 0 Å². The summed E-state index contributed by atoms with van der Waals surface area (Å²) in [6, 6.07) is 5.75. The molecule has 3 aromatic rings. The minimum atomic E-state index is 0.417. The maximum absolute atomic E-state index is 8.85. The Labute approximate surface area is 107 Å². The van der Waals surface area contributed by atoms with Gasteiger partial charge in [-0.15, -0.1) is 0 Å². The van der Waals surface area contributed by atoms with Crippen LogP contribution in [-0.2, 0) is 7.05 Å². The molecule has 0 spiro atoms. The fourth-order valence-corrected chi connectivity index (χ4v) is 2.31. The van der Waals surface area contributed by atoms with Crippen LogP contribution in [0.15, 0.2) is 33.6 Å². The third-order valence-electron chi connectivity index (χ3n) is 2.56. The molecule has 6 heteroatoms. The molecule has 3 heterocycles. The van der Waals surface area contributed by atoms with Crippen LogP contribution >= 0.6 is 11.3 Å². The molecule has 0 N–H and O–H groups in total. The molecule has 0 bridgehead atoms. The van der Waals surface area contributed by atoms with Crippen molar-refractivity contribution in [1.82, 2.24) is 14.7 Å². The number of thiophene rings is 1. The summed E-state index contributed by atoms with van der Waals surface area (Å²) in [5, 5.41) is 16.7. The molecule has 0 saturated heterocycles. The normalized spacial score (nSPS) is 10.4. The maximum atomic E-state index is 8.85. The van der Waals surface area contributed by atoms with E-state index in [0.29, 0.717) is 17.3 Å². The number of nitriles is 1. The summed E-state index contributed by atoms with van der Waals surface area (Å²) in [6.45, 7) is 0. The monoisotopic (exact) mass is 256 g/mol. The first kappa shape index (κ1) is 10.7. The molecule has 0 saturated carbocycles.